The second kappa shape index (κ2) is 10.9. The number of benzene rings is 2. The molecule has 0 radical (unpaired) electrons. The van der Waals surface area contributed by atoms with E-state index in [0.29, 0.717) is 22.4 Å². The number of halogens is 1. The molecule has 2 N–H and O–H groups in total. The van der Waals surface area contributed by atoms with Gasteiger partial charge in [-0.05, 0) is 68.0 Å². The molecule has 7 heteroatoms. The van der Waals surface area contributed by atoms with Crippen LogP contribution in [0.25, 0.3) is 0 Å². The molecular formula is C23H29ClN2O4. The van der Waals surface area contributed by atoms with Crippen molar-refractivity contribution in [3.8, 4) is 11.5 Å². The van der Waals surface area contributed by atoms with Crippen LogP contribution in [-0.2, 0) is 9.59 Å². The average molecular weight is 433 g/mol. The molecule has 0 aliphatic rings. The van der Waals surface area contributed by atoms with Gasteiger partial charge in [0.15, 0.2) is 12.7 Å². The molecule has 0 aliphatic heterocycles. The second-order valence-corrected chi connectivity index (χ2v) is 7.68. The first kappa shape index (κ1) is 23.5. The predicted molar refractivity (Wildman–Crippen MR) is 118 cm³/mol. The lowest BCUT2D eigenvalue weighted by molar-refractivity contribution is -0.133. The Bertz CT molecular complexity index is 878. The summed E-state index contributed by atoms with van der Waals surface area (Å²) in [5, 5.41) is 0.669. The lowest BCUT2D eigenvalue weighted by Crippen LogP contribution is -2.48. The van der Waals surface area contributed by atoms with E-state index in [2.05, 4.69) is 24.7 Å². The molecule has 2 aromatic carbocycles. The number of aryl methyl sites for hydroxylation is 2. The van der Waals surface area contributed by atoms with Crippen LogP contribution >= 0.6 is 11.6 Å². The van der Waals surface area contributed by atoms with Crippen LogP contribution in [0.1, 0.15) is 49.8 Å². The van der Waals surface area contributed by atoms with Crippen LogP contribution in [-0.4, -0.2) is 24.5 Å². The summed E-state index contributed by atoms with van der Waals surface area (Å²) < 4.78 is 11.3. The quantitative estimate of drug-likeness (QED) is 0.603. The van der Waals surface area contributed by atoms with Crippen LogP contribution in [0.3, 0.4) is 0 Å². The summed E-state index contributed by atoms with van der Waals surface area (Å²) in [5.74, 6) is 0.571. The molecule has 0 saturated carbocycles. The number of ether oxygens (including phenoxy) is 2. The standard InChI is InChI=1S/C23H29ClN2O4/c1-6-14(2)19-9-7-8-10-20(19)30-17(5)23(28)26-25-21(27)13-29-18-11-15(3)22(24)16(4)12-18/h7-12,14,17H,6,13H2,1-5H3,(H,25,27)(H,26,28). The molecule has 6 nitrogen and oxygen atoms in total. The summed E-state index contributed by atoms with van der Waals surface area (Å²) in [4.78, 5) is 24.3. The first-order valence-electron chi connectivity index (χ1n) is 9.96. The van der Waals surface area contributed by atoms with Crippen molar-refractivity contribution in [2.45, 2.75) is 53.1 Å². The zero-order valence-electron chi connectivity index (χ0n) is 18.0. The Hall–Kier alpha value is -2.73. The van der Waals surface area contributed by atoms with Crippen molar-refractivity contribution in [2.75, 3.05) is 6.61 Å². The molecule has 2 unspecified atom stereocenters. The smallest absolute Gasteiger partial charge is 0.279 e. The molecule has 0 bridgehead atoms. The monoisotopic (exact) mass is 432 g/mol. The third kappa shape index (κ3) is 6.39. The van der Waals surface area contributed by atoms with Crippen LogP contribution in [0.5, 0.6) is 11.5 Å². The average Bonchev–Trinajstić information content (AvgIpc) is 2.73. The number of hydrogen-bond acceptors (Lipinski definition) is 4. The van der Waals surface area contributed by atoms with E-state index in [0.717, 1.165) is 23.1 Å². The second-order valence-electron chi connectivity index (χ2n) is 7.30. The number of nitrogens with one attached hydrogen (secondary N) is 2. The highest BCUT2D eigenvalue weighted by molar-refractivity contribution is 6.32. The van der Waals surface area contributed by atoms with E-state index in [1.807, 2.05) is 38.1 Å². The van der Waals surface area contributed by atoms with Gasteiger partial charge in [-0.3, -0.25) is 20.4 Å². The molecule has 2 aromatic rings. The third-order valence-corrected chi connectivity index (χ3v) is 5.44. The summed E-state index contributed by atoms with van der Waals surface area (Å²) in [5.41, 5.74) is 7.48. The predicted octanol–water partition coefficient (Wildman–Crippen LogP) is 4.46. The molecular weight excluding hydrogens is 404 g/mol. The molecule has 2 atom stereocenters. The number of carbonyl (C=O) groups is 2. The molecule has 0 heterocycles. The van der Waals surface area contributed by atoms with E-state index in [4.69, 9.17) is 21.1 Å². The highest BCUT2D eigenvalue weighted by Crippen LogP contribution is 2.29. The zero-order valence-corrected chi connectivity index (χ0v) is 18.8. The maximum atomic E-state index is 12.3. The largest absolute Gasteiger partial charge is 0.484 e. The molecule has 0 saturated heterocycles. The van der Waals surface area contributed by atoms with Crippen molar-refractivity contribution >= 4 is 23.4 Å². The van der Waals surface area contributed by atoms with Crippen molar-refractivity contribution in [1.29, 1.82) is 0 Å². The summed E-state index contributed by atoms with van der Waals surface area (Å²) in [7, 11) is 0. The SMILES string of the molecule is CCC(C)c1ccccc1OC(C)C(=O)NNC(=O)COc1cc(C)c(Cl)c(C)c1. The van der Waals surface area contributed by atoms with Crippen molar-refractivity contribution in [2.24, 2.45) is 0 Å². The summed E-state index contributed by atoms with van der Waals surface area (Å²) in [6, 6.07) is 11.2. The van der Waals surface area contributed by atoms with Crippen molar-refractivity contribution < 1.29 is 19.1 Å². The van der Waals surface area contributed by atoms with Gasteiger partial charge in [-0.15, -0.1) is 0 Å². The first-order valence-corrected chi connectivity index (χ1v) is 10.3. The van der Waals surface area contributed by atoms with Crippen LogP contribution < -0.4 is 20.3 Å². The normalized spacial score (nSPS) is 12.6. The summed E-state index contributed by atoms with van der Waals surface area (Å²) >= 11 is 6.13. The van der Waals surface area contributed by atoms with Gasteiger partial charge in [-0.25, -0.2) is 0 Å². The lowest BCUT2D eigenvalue weighted by Gasteiger charge is -2.19. The van der Waals surface area contributed by atoms with E-state index in [9.17, 15) is 9.59 Å². The van der Waals surface area contributed by atoms with Gasteiger partial charge in [0.1, 0.15) is 11.5 Å². The van der Waals surface area contributed by atoms with E-state index in [1.165, 1.54) is 0 Å². The third-order valence-electron chi connectivity index (χ3n) is 4.84. The zero-order chi connectivity index (χ0) is 22.3. The van der Waals surface area contributed by atoms with Crippen LogP contribution in [0, 0.1) is 13.8 Å². The Morgan fingerprint density at radius 2 is 1.70 bits per heavy atom. The fourth-order valence-electron chi connectivity index (χ4n) is 2.87. The Morgan fingerprint density at radius 3 is 2.33 bits per heavy atom. The Labute approximate surface area is 182 Å². The number of para-hydroxylation sites is 1. The van der Waals surface area contributed by atoms with Crippen molar-refractivity contribution in [3.63, 3.8) is 0 Å². The Kier molecular flexibility index (Phi) is 8.54. The number of carbonyl (C=O) groups excluding carboxylic acids is 2. The molecule has 2 amide bonds. The molecule has 0 aromatic heterocycles. The number of hydrazine groups is 1. The van der Waals surface area contributed by atoms with Gasteiger partial charge in [-0.2, -0.15) is 0 Å². The van der Waals surface area contributed by atoms with E-state index in [1.54, 1.807) is 19.1 Å². The van der Waals surface area contributed by atoms with E-state index in [-0.39, 0.29) is 6.61 Å². The Morgan fingerprint density at radius 1 is 1.07 bits per heavy atom. The van der Waals surface area contributed by atoms with Gasteiger partial charge < -0.3 is 9.47 Å². The lowest BCUT2D eigenvalue weighted by atomic mass is 9.98. The van der Waals surface area contributed by atoms with E-state index < -0.39 is 17.9 Å². The Balaban J connectivity index is 1.84. The van der Waals surface area contributed by atoms with Gasteiger partial charge in [0.2, 0.25) is 0 Å². The molecule has 2 rings (SSSR count). The van der Waals surface area contributed by atoms with Crippen molar-refractivity contribution in [3.05, 3.63) is 58.1 Å². The van der Waals surface area contributed by atoms with Gasteiger partial charge in [-0.1, -0.05) is 43.6 Å². The molecule has 162 valence electrons. The maximum absolute atomic E-state index is 12.3. The minimum Gasteiger partial charge on any atom is -0.484 e. The number of amides is 2. The molecule has 30 heavy (non-hydrogen) atoms. The fourth-order valence-corrected chi connectivity index (χ4v) is 2.98. The minimum absolute atomic E-state index is 0.243. The molecule has 0 spiro atoms. The van der Waals surface area contributed by atoms with Crippen LogP contribution in [0.15, 0.2) is 36.4 Å². The van der Waals surface area contributed by atoms with E-state index >= 15 is 0 Å². The van der Waals surface area contributed by atoms with Gasteiger partial charge in [0.25, 0.3) is 11.8 Å². The van der Waals surface area contributed by atoms with Gasteiger partial charge >= 0.3 is 0 Å². The molecule has 0 aliphatic carbocycles. The number of hydrogen-bond donors (Lipinski definition) is 2. The highest BCUT2D eigenvalue weighted by Gasteiger charge is 2.18. The summed E-state index contributed by atoms with van der Waals surface area (Å²) in [6.07, 6.45) is 0.182. The van der Waals surface area contributed by atoms with Gasteiger partial charge in [0.05, 0.1) is 0 Å². The number of rotatable bonds is 8. The van der Waals surface area contributed by atoms with Crippen LogP contribution in [0.2, 0.25) is 5.02 Å². The molecule has 0 fully saturated rings. The highest BCUT2D eigenvalue weighted by atomic mass is 35.5. The van der Waals surface area contributed by atoms with Crippen molar-refractivity contribution in [1.82, 2.24) is 10.9 Å². The maximum Gasteiger partial charge on any atom is 0.279 e. The summed E-state index contributed by atoms with van der Waals surface area (Å²) in [6.45, 7) is 9.32. The first-order chi connectivity index (χ1) is 14.2. The van der Waals surface area contributed by atoms with Gasteiger partial charge in [0, 0.05) is 5.02 Å². The fraction of sp³-hybridized carbons (Fsp3) is 0.391. The minimum atomic E-state index is -0.780. The topological polar surface area (TPSA) is 76.7 Å². The van der Waals surface area contributed by atoms with Crippen LogP contribution in [0.4, 0.5) is 0 Å².